The Balaban J connectivity index is 0. The standard InChI is InChI=1S/C7H13N.ClH/c1-5-7(4,8)6(2)3;/h1,6H,8H2,2-4H3;1H. The Labute approximate surface area is 63.4 Å². The molecule has 0 aliphatic rings. The highest BCUT2D eigenvalue weighted by Gasteiger charge is 2.18. The van der Waals surface area contributed by atoms with Gasteiger partial charge in [-0.05, 0) is 12.8 Å². The fourth-order valence-corrected chi connectivity index (χ4v) is 0.167. The van der Waals surface area contributed by atoms with Crippen LogP contribution in [0.5, 0.6) is 0 Å². The number of terminal acetylenes is 1. The molecule has 9 heavy (non-hydrogen) atoms. The molecule has 0 bridgehead atoms. The number of halogens is 1. The molecule has 1 unspecified atom stereocenters. The van der Waals surface area contributed by atoms with Gasteiger partial charge in [0.15, 0.2) is 0 Å². The molecular weight excluding hydrogens is 134 g/mol. The van der Waals surface area contributed by atoms with Crippen molar-refractivity contribution < 1.29 is 0 Å². The lowest BCUT2D eigenvalue weighted by Crippen LogP contribution is -2.39. The highest BCUT2D eigenvalue weighted by molar-refractivity contribution is 5.85. The minimum Gasteiger partial charge on any atom is -0.315 e. The smallest absolute Gasteiger partial charge is 0.0768 e. The Morgan fingerprint density at radius 2 is 1.89 bits per heavy atom. The van der Waals surface area contributed by atoms with Crippen LogP contribution in [-0.2, 0) is 0 Å². The fourth-order valence-electron chi connectivity index (χ4n) is 0.167. The van der Waals surface area contributed by atoms with Gasteiger partial charge in [0.1, 0.15) is 0 Å². The second-order valence-electron chi connectivity index (χ2n) is 2.58. The van der Waals surface area contributed by atoms with Crippen molar-refractivity contribution >= 4 is 12.4 Å². The van der Waals surface area contributed by atoms with Crippen LogP contribution in [0.1, 0.15) is 20.8 Å². The third-order valence-electron chi connectivity index (χ3n) is 1.51. The van der Waals surface area contributed by atoms with Gasteiger partial charge in [-0.1, -0.05) is 19.8 Å². The first-order valence-electron chi connectivity index (χ1n) is 2.77. The van der Waals surface area contributed by atoms with Crippen LogP contribution in [0, 0.1) is 18.3 Å². The zero-order valence-electron chi connectivity index (χ0n) is 6.14. The summed E-state index contributed by atoms with van der Waals surface area (Å²) in [5, 5.41) is 0. The summed E-state index contributed by atoms with van der Waals surface area (Å²) in [5.74, 6) is 2.87. The third-order valence-corrected chi connectivity index (χ3v) is 1.51. The maximum absolute atomic E-state index is 5.62. The van der Waals surface area contributed by atoms with Gasteiger partial charge < -0.3 is 5.73 Å². The Kier molecular flexibility index (Phi) is 4.85. The van der Waals surface area contributed by atoms with E-state index in [1.165, 1.54) is 0 Å². The van der Waals surface area contributed by atoms with Crippen LogP contribution in [0.4, 0.5) is 0 Å². The molecule has 0 amide bonds. The van der Waals surface area contributed by atoms with Gasteiger partial charge in [0, 0.05) is 0 Å². The van der Waals surface area contributed by atoms with Gasteiger partial charge >= 0.3 is 0 Å². The maximum Gasteiger partial charge on any atom is 0.0768 e. The molecular formula is C7H14ClN. The van der Waals surface area contributed by atoms with E-state index in [1.807, 2.05) is 20.8 Å². The molecule has 0 fully saturated rings. The Morgan fingerprint density at radius 1 is 1.56 bits per heavy atom. The maximum atomic E-state index is 5.62. The van der Waals surface area contributed by atoms with E-state index in [9.17, 15) is 0 Å². The van der Waals surface area contributed by atoms with E-state index in [0.717, 1.165) is 0 Å². The van der Waals surface area contributed by atoms with Gasteiger partial charge in [-0.2, -0.15) is 0 Å². The minimum atomic E-state index is -0.431. The second-order valence-corrected chi connectivity index (χ2v) is 2.58. The fraction of sp³-hybridized carbons (Fsp3) is 0.714. The van der Waals surface area contributed by atoms with Crippen LogP contribution in [0.2, 0.25) is 0 Å². The molecule has 2 N–H and O–H groups in total. The Morgan fingerprint density at radius 3 is 1.89 bits per heavy atom. The van der Waals surface area contributed by atoms with Crippen LogP contribution in [0.25, 0.3) is 0 Å². The molecule has 0 heterocycles. The van der Waals surface area contributed by atoms with E-state index < -0.39 is 5.54 Å². The van der Waals surface area contributed by atoms with E-state index in [0.29, 0.717) is 5.92 Å². The molecule has 2 heteroatoms. The summed E-state index contributed by atoms with van der Waals surface area (Å²) >= 11 is 0. The van der Waals surface area contributed by atoms with Crippen molar-refractivity contribution in [2.45, 2.75) is 26.3 Å². The average Bonchev–Trinajstić information content (AvgIpc) is 1.67. The van der Waals surface area contributed by atoms with Gasteiger partial charge in [0.05, 0.1) is 5.54 Å². The molecule has 0 aromatic heterocycles. The molecule has 0 spiro atoms. The van der Waals surface area contributed by atoms with E-state index in [1.54, 1.807) is 0 Å². The van der Waals surface area contributed by atoms with Crippen LogP contribution >= 0.6 is 12.4 Å². The summed E-state index contributed by atoms with van der Waals surface area (Å²) < 4.78 is 0. The van der Waals surface area contributed by atoms with Gasteiger partial charge in [-0.3, -0.25) is 0 Å². The van der Waals surface area contributed by atoms with E-state index in [2.05, 4.69) is 5.92 Å². The molecule has 1 nitrogen and oxygen atoms in total. The van der Waals surface area contributed by atoms with E-state index in [-0.39, 0.29) is 12.4 Å². The lowest BCUT2D eigenvalue weighted by Gasteiger charge is -2.21. The molecule has 0 aliphatic heterocycles. The van der Waals surface area contributed by atoms with Crippen molar-refractivity contribution in [3.05, 3.63) is 0 Å². The molecule has 0 radical (unpaired) electrons. The van der Waals surface area contributed by atoms with Crippen LogP contribution in [0.15, 0.2) is 0 Å². The summed E-state index contributed by atoms with van der Waals surface area (Å²) in [7, 11) is 0. The predicted octanol–water partition coefficient (Wildman–Crippen LogP) is 1.41. The molecule has 0 saturated heterocycles. The van der Waals surface area contributed by atoms with Crippen LogP contribution in [-0.4, -0.2) is 5.54 Å². The Bertz CT molecular complexity index is 111. The SMILES string of the molecule is C#CC(C)(N)C(C)C.Cl. The first-order valence-corrected chi connectivity index (χ1v) is 2.77. The zero-order valence-corrected chi connectivity index (χ0v) is 6.96. The molecule has 54 valence electrons. The molecule has 1 atom stereocenters. The number of hydrogen-bond acceptors (Lipinski definition) is 1. The normalized spacial score (nSPS) is 15.6. The van der Waals surface area contributed by atoms with Gasteiger partial charge in [0.2, 0.25) is 0 Å². The molecule has 0 aromatic carbocycles. The second kappa shape index (κ2) is 3.76. The summed E-state index contributed by atoms with van der Waals surface area (Å²) in [6.07, 6.45) is 5.13. The Hall–Kier alpha value is -0.190. The molecule has 0 rings (SSSR count). The first-order chi connectivity index (χ1) is 3.50. The zero-order chi connectivity index (χ0) is 6.78. The number of nitrogens with two attached hydrogens (primary N) is 1. The minimum absolute atomic E-state index is 0. The number of hydrogen-bond donors (Lipinski definition) is 1. The van der Waals surface area contributed by atoms with Crippen molar-refractivity contribution in [2.24, 2.45) is 11.7 Å². The summed E-state index contributed by atoms with van der Waals surface area (Å²) in [6.45, 7) is 5.89. The lowest BCUT2D eigenvalue weighted by molar-refractivity contribution is 0.435. The van der Waals surface area contributed by atoms with Gasteiger partial charge in [-0.25, -0.2) is 0 Å². The quantitative estimate of drug-likeness (QED) is 0.558. The summed E-state index contributed by atoms with van der Waals surface area (Å²) in [6, 6.07) is 0. The highest BCUT2D eigenvalue weighted by atomic mass is 35.5. The highest BCUT2D eigenvalue weighted by Crippen LogP contribution is 2.09. The topological polar surface area (TPSA) is 26.0 Å². The molecule has 0 aliphatic carbocycles. The van der Waals surface area contributed by atoms with Crippen LogP contribution < -0.4 is 5.73 Å². The first kappa shape index (κ1) is 11.6. The predicted molar refractivity (Wildman–Crippen MR) is 43.5 cm³/mol. The summed E-state index contributed by atoms with van der Waals surface area (Å²) in [5.41, 5.74) is 5.19. The van der Waals surface area contributed by atoms with Gasteiger partial charge in [-0.15, -0.1) is 18.8 Å². The van der Waals surface area contributed by atoms with E-state index in [4.69, 9.17) is 12.2 Å². The van der Waals surface area contributed by atoms with Crippen molar-refractivity contribution in [3.8, 4) is 12.3 Å². The van der Waals surface area contributed by atoms with Crippen LogP contribution in [0.3, 0.4) is 0 Å². The average molecular weight is 148 g/mol. The van der Waals surface area contributed by atoms with Crippen molar-refractivity contribution in [1.82, 2.24) is 0 Å². The van der Waals surface area contributed by atoms with Gasteiger partial charge in [0.25, 0.3) is 0 Å². The molecule has 0 saturated carbocycles. The lowest BCUT2D eigenvalue weighted by atomic mass is 9.91. The number of rotatable bonds is 1. The third kappa shape index (κ3) is 3.40. The largest absolute Gasteiger partial charge is 0.315 e. The van der Waals surface area contributed by atoms with E-state index >= 15 is 0 Å². The van der Waals surface area contributed by atoms with Crippen molar-refractivity contribution in [2.75, 3.05) is 0 Å². The van der Waals surface area contributed by atoms with Crippen molar-refractivity contribution in [1.29, 1.82) is 0 Å². The summed E-state index contributed by atoms with van der Waals surface area (Å²) in [4.78, 5) is 0. The molecule has 0 aromatic rings. The monoisotopic (exact) mass is 147 g/mol. The van der Waals surface area contributed by atoms with Crippen molar-refractivity contribution in [3.63, 3.8) is 0 Å².